The van der Waals surface area contributed by atoms with Crippen molar-refractivity contribution in [2.45, 2.75) is 13.8 Å². The maximum atomic E-state index is 12.4. The Morgan fingerprint density at radius 3 is 2.33 bits per heavy atom. The predicted octanol–water partition coefficient (Wildman–Crippen LogP) is 6.55. The molecule has 0 fully saturated rings. The summed E-state index contributed by atoms with van der Waals surface area (Å²) < 4.78 is 2.07. The summed E-state index contributed by atoms with van der Waals surface area (Å²) in [5, 5.41) is 4.60. The summed E-state index contributed by atoms with van der Waals surface area (Å²) in [5.41, 5.74) is 6.05. The Morgan fingerprint density at radius 1 is 0.926 bits per heavy atom. The first-order valence-electron chi connectivity index (χ1n) is 8.32. The number of hydrogen-bond donors (Lipinski definition) is 1. The van der Waals surface area contributed by atoms with E-state index in [2.05, 4.69) is 9.88 Å². The highest BCUT2D eigenvalue weighted by Crippen LogP contribution is 2.36. The smallest absolute Gasteiger partial charge is 0.256 e. The summed E-state index contributed by atoms with van der Waals surface area (Å²) >= 11 is 18.4. The molecule has 3 aromatic rings. The Labute approximate surface area is 172 Å². The van der Waals surface area contributed by atoms with Crippen molar-refractivity contribution in [1.29, 1.82) is 0 Å². The molecule has 1 amide bonds. The number of halogens is 3. The predicted molar refractivity (Wildman–Crippen MR) is 113 cm³/mol. The molecule has 3 nitrogen and oxygen atoms in total. The summed E-state index contributed by atoms with van der Waals surface area (Å²) in [6.07, 6.45) is 1.90. The van der Waals surface area contributed by atoms with Crippen LogP contribution in [0.1, 0.15) is 22.5 Å². The van der Waals surface area contributed by atoms with Crippen molar-refractivity contribution >= 4 is 58.0 Å². The molecule has 1 aliphatic heterocycles. The number of hydrogen-bond acceptors (Lipinski definition) is 1. The molecule has 1 N–H and O–H groups in total. The highest BCUT2D eigenvalue weighted by molar-refractivity contribution is 6.37. The molecule has 4 rings (SSSR count). The fourth-order valence-electron chi connectivity index (χ4n) is 3.46. The minimum Gasteiger partial charge on any atom is -0.321 e. The lowest BCUT2D eigenvalue weighted by Gasteiger charge is -2.11. The van der Waals surface area contributed by atoms with Gasteiger partial charge in [-0.15, -0.1) is 0 Å². The summed E-state index contributed by atoms with van der Waals surface area (Å²) in [6.45, 7) is 4.01. The zero-order chi connectivity index (χ0) is 19.3. The van der Waals surface area contributed by atoms with E-state index in [4.69, 9.17) is 34.8 Å². The number of benzene rings is 2. The molecule has 2 heterocycles. The number of anilines is 1. The van der Waals surface area contributed by atoms with Gasteiger partial charge in [0.2, 0.25) is 0 Å². The quantitative estimate of drug-likeness (QED) is 0.471. The van der Waals surface area contributed by atoms with Crippen LogP contribution in [-0.2, 0) is 4.79 Å². The lowest BCUT2D eigenvalue weighted by atomic mass is 10.0. The number of aromatic nitrogens is 1. The lowest BCUT2D eigenvalue weighted by Crippen LogP contribution is -2.03. The lowest BCUT2D eigenvalue weighted by molar-refractivity contribution is -0.110. The third-order valence-corrected chi connectivity index (χ3v) is 5.31. The first-order chi connectivity index (χ1) is 12.8. The van der Waals surface area contributed by atoms with E-state index in [0.29, 0.717) is 20.6 Å². The van der Waals surface area contributed by atoms with Crippen LogP contribution in [0.3, 0.4) is 0 Å². The molecule has 6 heteroatoms. The first-order valence-corrected chi connectivity index (χ1v) is 9.45. The van der Waals surface area contributed by atoms with Crippen molar-refractivity contribution in [3.8, 4) is 5.69 Å². The van der Waals surface area contributed by atoms with Crippen molar-refractivity contribution in [3.63, 3.8) is 0 Å². The summed E-state index contributed by atoms with van der Waals surface area (Å²) in [4.78, 5) is 12.4. The zero-order valence-electron chi connectivity index (χ0n) is 14.6. The molecule has 0 spiro atoms. The van der Waals surface area contributed by atoms with Crippen LogP contribution in [-0.4, -0.2) is 10.5 Å². The first kappa shape index (κ1) is 18.2. The van der Waals surface area contributed by atoms with Crippen molar-refractivity contribution < 1.29 is 4.79 Å². The molecule has 136 valence electrons. The average Bonchev–Trinajstić information content (AvgIpc) is 3.03. The van der Waals surface area contributed by atoms with E-state index in [-0.39, 0.29) is 5.91 Å². The van der Waals surface area contributed by atoms with Crippen LogP contribution in [0.5, 0.6) is 0 Å². The molecule has 0 atom stereocenters. The van der Waals surface area contributed by atoms with Gasteiger partial charge < -0.3 is 9.88 Å². The van der Waals surface area contributed by atoms with Crippen LogP contribution < -0.4 is 5.32 Å². The summed E-state index contributed by atoms with van der Waals surface area (Å²) in [6, 6.07) is 12.9. The Morgan fingerprint density at radius 2 is 1.63 bits per heavy atom. The van der Waals surface area contributed by atoms with Gasteiger partial charge in [-0.3, -0.25) is 4.79 Å². The number of carbonyl (C=O) groups excluding carboxylic acids is 1. The van der Waals surface area contributed by atoms with E-state index in [0.717, 1.165) is 33.9 Å². The Hall–Kier alpha value is -2.20. The van der Waals surface area contributed by atoms with Gasteiger partial charge in [0.25, 0.3) is 5.91 Å². The molecular weight excluding hydrogens is 403 g/mol. The van der Waals surface area contributed by atoms with Gasteiger partial charge in [-0.1, -0.05) is 40.9 Å². The Balaban J connectivity index is 1.83. The van der Waals surface area contributed by atoms with Crippen LogP contribution in [0, 0.1) is 13.8 Å². The van der Waals surface area contributed by atoms with Crippen LogP contribution >= 0.6 is 34.8 Å². The van der Waals surface area contributed by atoms with Gasteiger partial charge in [-0.25, -0.2) is 0 Å². The van der Waals surface area contributed by atoms with Gasteiger partial charge >= 0.3 is 0 Å². The summed E-state index contributed by atoms with van der Waals surface area (Å²) in [7, 11) is 0. The fourth-order valence-corrected chi connectivity index (χ4v) is 4.15. The van der Waals surface area contributed by atoms with Crippen molar-refractivity contribution in [1.82, 2.24) is 4.57 Å². The number of nitrogens with one attached hydrogen (secondary N) is 1. The summed E-state index contributed by atoms with van der Waals surface area (Å²) in [5.74, 6) is -0.136. The van der Waals surface area contributed by atoms with Crippen LogP contribution in [0.2, 0.25) is 15.1 Å². The molecule has 2 aromatic carbocycles. The van der Waals surface area contributed by atoms with E-state index in [9.17, 15) is 4.79 Å². The molecular formula is C21H15Cl3N2O. The SMILES string of the molecule is Cc1cc(/C=C2/C(=O)Nc3cc(Cl)ccc32)c(C)n1-c1cc(Cl)cc(Cl)c1. The van der Waals surface area contributed by atoms with E-state index in [1.165, 1.54) is 0 Å². The van der Waals surface area contributed by atoms with E-state index >= 15 is 0 Å². The topological polar surface area (TPSA) is 34.0 Å². The third-order valence-electron chi connectivity index (χ3n) is 4.64. The minimum atomic E-state index is -0.136. The van der Waals surface area contributed by atoms with Crippen LogP contribution in [0.25, 0.3) is 17.3 Å². The molecule has 0 unspecified atom stereocenters. The molecule has 0 bridgehead atoms. The van der Waals surface area contributed by atoms with E-state index < -0.39 is 0 Å². The monoisotopic (exact) mass is 416 g/mol. The maximum absolute atomic E-state index is 12.4. The van der Waals surface area contributed by atoms with Crippen molar-refractivity contribution in [3.05, 3.63) is 80.0 Å². The zero-order valence-corrected chi connectivity index (χ0v) is 16.9. The number of amides is 1. The number of carbonyl (C=O) groups is 1. The van der Waals surface area contributed by atoms with E-state index in [1.807, 2.05) is 44.2 Å². The highest BCUT2D eigenvalue weighted by Gasteiger charge is 2.25. The highest BCUT2D eigenvalue weighted by atomic mass is 35.5. The van der Waals surface area contributed by atoms with E-state index in [1.54, 1.807) is 18.2 Å². The number of nitrogens with zero attached hydrogens (tertiary/aromatic N) is 1. The molecule has 1 aromatic heterocycles. The fraction of sp³-hybridized carbons (Fsp3) is 0.0952. The molecule has 0 aliphatic carbocycles. The second kappa shape index (κ2) is 6.75. The van der Waals surface area contributed by atoms with Gasteiger partial charge in [0.05, 0.1) is 5.69 Å². The molecule has 0 radical (unpaired) electrons. The van der Waals surface area contributed by atoms with Crippen LogP contribution in [0.4, 0.5) is 5.69 Å². The number of fused-ring (bicyclic) bond motifs is 1. The second-order valence-electron chi connectivity index (χ2n) is 6.49. The standard InChI is InChI=1S/C21H15Cl3N2O/c1-11-5-13(12(2)26(11)17-8-15(23)7-16(24)9-17)6-19-18-4-3-14(22)10-20(18)25-21(19)27/h3-10H,1-2H3,(H,25,27)/b19-6+. The maximum Gasteiger partial charge on any atom is 0.256 e. The van der Waals surface area contributed by atoms with Gasteiger partial charge in [0.1, 0.15) is 0 Å². The third kappa shape index (κ3) is 3.27. The largest absolute Gasteiger partial charge is 0.321 e. The van der Waals surface area contributed by atoms with Gasteiger partial charge in [0, 0.05) is 43.3 Å². The number of aryl methyl sites for hydroxylation is 1. The molecule has 0 saturated heterocycles. The Kier molecular flexibility index (Phi) is 4.55. The van der Waals surface area contributed by atoms with Gasteiger partial charge in [-0.05, 0) is 61.9 Å². The normalized spacial score (nSPS) is 14.6. The molecule has 0 saturated carbocycles. The average molecular weight is 418 g/mol. The van der Waals surface area contributed by atoms with Crippen LogP contribution in [0.15, 0.2) is 42.5 Å². The molecule has 27 heavy (non-hydrogen) atoms. The Bertz CT molecular complexity index is 1110. The van der Waals surface area contributed by atoms with Gasteiger partial charge in [0.15, 0.2) is 0 Å². The van der Waals surface area contributed by atoms with Crippen molar-refractivity contribution in [2.75, 3.05) is 5.32 Å². The minimum absolute atomic E-state index is 0.136. The van der Waals surface area contributed by atoms with Crippen molar-refractivity contribution in [2.24, 2.45) is 0 Å². The molecule has 1 aliphatic rings. The second-order valence-corrected chi connectivity index (χ2v) is 7.80. The number of rotatable bonds is 2. The van der Waals surface area contributed by atoms with Gasteiger partial charge in [-0.2, -0.15) is 0 Å².